The van der Waals surface area contributed by atoms with Crippen LogP contribution in [0.3, 0.4) is 0 Å². The zero-order valence-electron chi connectivity index (χ0n) is 11.6. The van der Waals surface area contributed by atoms with Crippen molar-refractivity contribution in [1.29, 1.82) is 0 Å². The van der Waals surface area contributed by atoms with E-state index in [0.717, 1.165) is 41.7 Å². The summed E-state index contributed by atoms with van der Waals surface area (Å²) in [6, 6.07) is 8.36. The molecule has 1 amide bonds. The average Bonchev–Trinajstić information content (AvgIpc) is 2.90. The SMILES string of the molecule is CCN(CC)C1CCN(C(=O)c2ccc(I)cc2)C1. The average molecular weight is 372 g/mol. The van der Waals surface area contributed by atoms with Crippen molar-refractivity contribution in [3.05, 3.63) is 33.4 Å². The van der Waals surface area contributed by atoms with Gasteiger partial charge in [-0.05, 0) is 66.4 Å². The number of benzene rings is 1. The van der Waals surface area contributed by atoms with E-state index in [0.29, 0.717) is 6.04 Å². The summed E-state index contributed by atoms with van der Waals surface area (Å²) >= 11 is 2.26. The second kappa shape index (κ2) is 6.70. The topological polar surface area (TPSA) is 23.6 Å². The van der Waals surface area contributed by atoms with E-state index < -0.39 is 0 Å². The molecule has 0 aromatic heterocycles. The summed E-state index contributed by atoms with van der Waals surface area (Å²) in [6.07, 6.45) is 1.10. The predicted molar refractivity (Wildman–Crippen MR) is 86.4 cm³/mol. The fourth-order valence-electron chi connectivity index (χ4n) is 2.74. The highest BCUT2D eigenvalue weighted by Gasteiger charge is 2.29. The molecule has 0 spiro atoms. The zero-order valence-corrected chi connectivity index (χ0v) is 13.8. The first-order valence-electron chi connectivity index (χ1n) is 6.94. The van der Waals surface area contributed by atoms with Crippen molar-refractivity contribution >= 4 is 28.5 Å². The molecule has 1 heterocycles. The van der Waals surface area contributed by atoms with E-state index >= 15 is 0 Å². The van der Waals surface area contributed by atoms with Crippen molar-refractivity contribution in [2.24, 2.45) is 0 Å². The summed E-state index contributed by atoms with van der Waals surface area (Å²) in [5.74, 6) is 0.172. The number of hydrogen-bond donors (Lipinski definition) is 0. The van der Waals surface area contributed by atoms with Gasteiger partial charge in [0.25, 0.3) is 5.91 Å². The molecule has 0 aliphatic carbocycles. The van der Waals surface area contributed by atoms with Gasteiger partial charge in [0.05, 0.1) is 0 Å². The fourth-order valence-corrected chi connectivity index (χ4v) is 3.10. The Hall–Kier alpha value is -0.620. The van der Waals surface area contributed by atoms with Crippen molar-refractivity contribution in [3.8, 4) is 0 Å². The van der Waals surface area contributed by atoms with Crippen molar-refractivity contribution < 1.29 is 4.79 Å². The lowest BCUT2D eigenvalue weighted by atomic mass is 10.2. The van der Waals surface area contributed by atoms with E-state index in [1.54, 1.807) is 0 Å². The standard InChI is InChI=1S/C15H21IN2O/c1-3-17(4-2)14-9-10-18(11-14)15(19)12-5-7-13(16)8-6-12/h5-8,14H,3-4,9-11H2,1-2H3. The van der Waals surface area contributed by atoms with E-state index in [9.17, 15) is 4.79 Å². The van der Waals surface area contributed by atoms with Gasteiger partial charge in [0.15, 0.2) is 0 Å². The molecule has 2 rings (SSSR count). The highest BCUT2D eigenvalue weighted by Crippen LogP contribution is 2.18. The van der Waals surface area contributed by atoms with Gasteiger partial charge in [-0.3, -0.25) is 9.69 Å². The molecule has 0 saturated carbocycles. The van der Waals surface area contributed by atoms with Crippen LogP contribution in [0, 0.1) is 3.57 Å². The zero-order chi connectivity index (χ0) is 13.8. The van der Waals surface area contributed by atoms with Crippen LogP contribution in [0.15, 0.2) is 24.3 Å². The molecule has 1 saturated heterocycles. The van der Waals surface area contributed by atoms with Crippen molar-refractivity contribution in [2.45, 2.75) is 26.3 Å². The molecule has 104 valence electrons. The second-order valence-electron chi connectivity index (χ2n) is 4.92. The number of likely N-dealkylation sites (tertiary alicyclic amines) is 1. The minimum Gasteiger partial charge on any atom is -0.337 e. The molecule has 1 fully saturated rings. The Labute approximate surface area is 129 Å². The molecule has 1 aliphatic heterocycles. The number of amides is 1. The van der Waals surface area contributed by atoms with Crippen LogP contribution in [0.5, 0.6) is 0 Å². The highest BCUT2D eigenvalue weighted by atomic mass is 127. The number of carbonyl (C=O) groups is 1. The number of nitrogens with zero attached hydrogens (tertiary/aromatic N) is 2. The summed E-state index contributed by atoms with van der Waals surface area (Å²) in [4.78, 5) is 16.8. The number of likely N-dealkylation sites (N-methyl/N-ethyl adjacent to an activating group) is 1. The Morgan fingerprint density at radius 2 is 1.95 bits per heavy atom. The van der Waals surface area contributed by atoms with E-state index in [-0.39, 0.29) is 5.91 Å². The molecular weight excluding hydrogens is 351 g/mol. The van der Waals surface area contributed by atoms with Gasteiger partial charge in [0.1, 0.15) is 0 Å². The number of halogens is 1. The quantitative estimate of drug-likeness (QED) is 0.759. The van der Waals surface area contributed by atoms with Gasteiger partial charge < -0.3 is 4.90 Å². The largest absolute Gasteiger partial charge is 0.337 e. The Kier molecular flexibility index (Phi) is 5.21. The highest BCUT2D eigenvalue weighted by molar-refractivity contribution is 14.1. The summed E-state index contributed by atoms with van der Waals surface area (Å²) in [5.41, 5.74) is 0.806. The van der Waals surface area contributed by atoms with Crippen LogP contribution in [0.4, 0.5) is 0 Å². The van der Waals surface area contributed by atoms with E-state index in [1.165, 1.54) is 0 Å². The molecule has 1 aromatic carbocycles. The number of rotatable bonds is 4. The smallest absolute Gasteiger partial charge is 0.253 e. The van der Waals surface area contributed by atoms with Gasteiger partial charge >= 0.3 is 0 Å². The minimum absolute atomic E-state index is 0.172. The molecule has 0 radical (unpaired) electrons. The summed E-state index contributed by atoms with van der Waals surface area (Å²) < 4.78 is 1.16. The Morgan fingerprint density at radius 1 is 1.32 bits per heavy atom. The lowest BCUT2D eigenvalue weighted by molar-refractivity contribution is 0.0778. The van der Waals surface area contributed by atoms with Gasteiger partial charge in [0.2, 0.25) is 0 Å². The van der Waals surface area contributed by atoms with E-state index in [4.69, 9.17) is 0 Å². The molecule has 1 atom stereocenters. The second-order valence-corrected chi connectivity index (χ2v) is 6.17. The third-order valence-corrected chi connectivity index (χ3v) is 4.59. The maximum Gasteiger partial charge on any atom is 0.253 e. The predicted octanol–water partition coefficient (Wildman–Crippen LogP) is 2.85. The Bertz CT molecular complexity index is 428. The van der Waals surface area contributed by atoms with Gasteiger partial charge in [-0.1, -0.05) is 13.8 Å². The Balaban J connectivity index is 2.00. The molecule has 0 bridgehead atoms. The van der Waals surface area contributed by atoms with Crippen LogP contribution in [-0.2, 0) is 0 Å². The molecule has 19 heavy (non-hydrogen) atoms. The van der Waals surface area contributed by atoms with Crippen LogP contribution in [0.25, 0.3) is 0 Å². The summed E-state index contributed by atoms with van der Waals surface area (Å²) in [5, 5.41) is 0. The van der Waals surface area contributed by atoms with Crippen molar-refractivity contribution in [2.75, 3.05) is 26.2 Å². The maximum atomic E-state index is 12.4. The van der Waals surface area contributed by atoms with E-state index in [2.05, 4.69) is 41.3 Å². The van der Waals surface area contributed by atoms with Crippen LogP contribution in [0.2, 0.25) is 0 Å². The molecule has 0 N–H and O–H groups in total. The first-order chi connectivity index (χ1) is 9.15. The first-order valence-corrected chi connectivity index (χ1v) is 8.02. The number of carbonyl (C=O) groups excluding carboxylic acids is 1. The van der Waals surface area contributed by atoms with Gasteiger partial charge in [-0.15, -0.1) is 0 Å². The molecule has 3 nitrogen and oxygen atoms in total. The van der Waals surface area contributed by atoms with Crippen LogP contribution < -0.4 is 0 Å². The van der Waals surface area contributed by atoms with Crippen LogP contribution >= 0.6 is 22.6 Å². The normalized spacial score (nSPS) is 19.2. The Morgan fingerprint density at radius 3 is 2.53 bits per heavy atom. The third kappa shape index (κ3) is 3.48. The van der Waals surface area contributed by atoms with Gasteiger partial charge in [0, 0.05) is 28.3 Å². The molecule has 4 heteroatoms. The molecule has 1 aliphatic rings. The van der Waals surface area contributed by atoms with Crippen LogP contribution in [0.1, 0.15) is 30.6 Å². The lowest BCUT2D eigenvalue weighted by Crippen LogP contribution is -2.38. The summed E-state index contributed by atoms with van der Waals surface area (Å²) in [7, 11) is 0. The third-order valence-electron chi connectivity index (χ3n) is 3.87. The summed E-state index contributed by atoms with van der Waals surface area (Å²) in [6.45, 7) is 8.25. The van der Waals surface area contributed by atoms with Gasteiger partial charge in [-0.2, -0.15) is 0 Å². The first kappa shape index (κ1) is 14.8. The van der Waals surface area contributed by atoms with Crippen LogP contribution in [-0.4, -0.2) is 47.9 Å². The van der Waals surface area contributed by atoms with Gasteiger partial charge in [-0.25, -0.2) is 0 Å². The van der Waals surface area contributed by atoms with E-state index in [1.807, 2.05) is 29.2 Å². The molecule has 1 unspecified atom stereocenters. The minimum atomic E-state index is 0.172. The fraction of sp³-hybridized carbons (Fsp3) is 0.533. The monoisotopic (exact) mass is 372 g/mol. The lowest BCUT2D eigenvalue weighted by Gasteiger charge is -2.26. The van der Waals surface area contributed by atoms with Crippen molar-refractivity contribution in [1.82, 2.24) is 9.80 Å². The molecule has 1 aromatic rings. The number of hydrogen-bond acceptors (Lipinski definition) is 2. The molecular formula is C15H21IN2O. The van der Waals surface area contributed by atoms with Crippen molar-refractivity contribution in [3.63, 3.8) is 0 Å². The maximum absolute atomic E-state index is 12.4.